The Morgan fingerprint density at radius 2 is 1.90 bits per heavy atom. The summed E-state index contributed by atoms with van der Waals surface area (Å²) >= 11 is 1.59. The lowest BCUT2D eigenvalue weighted by Crippen LogP contribution is -2.27. The van der Waals surface area contributed by atoms with Gasteiger partial charge in [0.15, 0.2) is 5.78 Å². The highest BCUT2D eigenvalue weighted by molar-refractivity contribution is 7.12. The zero-order chi connectivity index (χ0) is 21.5. The number of nitrogens with zero attached hydrogens (tertiary/aromatic N) is 1. The molecule has 1 saturated heterocycles. The summed E-state index contributed by atoms with van der Waals surface area (Å²) in [5.74, 6) is -0.882. The molecule has 1 aromatic heterocycles. The molecular weight excluding hydrogens is 402 g/mol. The number of carboxylic acids is 1. The number of carbonyl (C=O) groups excluding carboxylic acids is 2. The lowest BCUT2D eigenvalue weighted by molar-refractivity contribution is -0.131. The SMILES string of the molecule is CN1CCC(=C2c3ccccc3CC(=O)c3sccc32)CC1.O=CO/C=C/C(=O)O. The average molecular weight is 426 g/mol. The lowest BCUT2D eigenvalue weighted by atomic mass is 9.88. The van der Waals surface area contributed by atoms with Gasteiger partial charge in [0, 0.05) is 25.1 Å². The number of hydrogen-bond acceptors (Lipinski definition) is 6. The van der Waals surface area contributed by atoms with Gasteiger partial charge in [-0.1, -0.05) is 29.8 Å². The number of carbonyl (C=O) groups is 3. The standard InChI is InChI=1S/C19H19NOS.C4H4O4/c1-20-9-6-13(7-10-20)18-15-5-3-2-4-14(15)12-17(21)19-16(18)8-11-22-19;5-3-8-2-1-4(6)7/h2-5,8,11H,6-7,9-10,12H2,1H3;1-3H,(H,6,7)/b;2-1+. The Balaban J connectivity index is 0.000000275. The number of ketones is 1. The fourth-order valence-electron chi connectivity index (χ4n) is 3.69. The van der Waals surface area contributed by atoms with Crippen LogP contribution in [-0.4, -0.2) is 48.4 Å². The molecule has 2 aliphatic rings. The van der Waals surface area contributed by atoms with Gasteiger partial charge in [-0.15, -0.1) is 11.3 Å². The molecule has 1 aromatic carbocycles. The molecule has 0 radical (unpaired) electrons. The number of hydrogen-bond donors (Lipinski definition) is 1. The maximum Gasteiger partial charge on any atom is 0.331 e. The summed E-state index contributed by atoms with van der Waals surface area (Å²) in [6.45, 7) is 2.35. The molecule has 1 N–H and O–H groups in total. The van der Waals surface area contributed by atoms with Gasteiger partial charge in [0.25, 0.3) is 6.47 Å². The molecule has 0 bridgehead atoms. The maximum absolute atomic E-state index is 12.6. The second-order valence-electron chi connectivity index (χ2n) is 7.08. The van der Waals surface area contributed by atoms with Crippen LogP contribution in [0.15, 0.2) is 53.6 Å². The van der Waals surface area contributed by atoms with Crippen molar-refractivity contribution in [2.45, 2.75) is 19.3 Å². The van der Waals surface area contributed by atoms with Gasteiger partial charge in [0.05, 0.1) is 11.0 Å². The molecule has 1 aliphatic carbocycles. The number of Topliss-reactive ketones (excluding diaryl/α,β-unsaturated/α-hetero) is 1. The fraction of sp³-hybridized carbons (Fsp3) is 0.261. The van der Waals surface area contributed by atoms with Crippen molar-refractivity contribution >= 4 is 35.1 Å². The van der Waals surface area contributed by atoms with Gasteiger partial charge in [-0.2, -0.15) is 0 Å². The van der Waals surface area contributed by atoms with Crippen LogP contribution in [0.3, 0.4) is 0 Å². The van der Waals surface area contributed by atoms with Gasteiger partial charge < -0.3 is 14.7 Å². The number of rotatable bonds is 3. The van der Waals surface area contributed by atoms with Crippen molar-refractivity contribution < 1.29 is 24.2 Å². The van der Waals surface area contributed by atoms with Crippen molar-refractivity contribution in [1.82, 2.24) is 4.90 Å². The van der Waals surface area contributed by atoms with Crippen molar-refractivity contribution in [3.05, 3.63) is 75.2 Å². The van der Waals surface area contributed by atoms with Crippen LogP contribution in [0.2, 0.25) is 0 Å². The number of benzene rings is 1. The highest BCUT2D eigenvalue weighted by Crippen LogP contribution is 2.40. The van der Waals surface area contributed by atoms with Crippen molar-refractivity contribution in [2.75, 3.05) is 20.1 Å². The number of fused-ring (bicyclic) bond motifs is 2. The van der Waals surface area contributed by atoms with Gasteiger partial charge in [0.2, 0.25) is 0 Å². The van der Waals surface area contributed by atoms with E-state index in [-0.39, 0.29) is 12.3 Å². The van der Waals surface area contributed by atoms with E-state index in [1.807, 2.05) is 6.07 Å². The summed E-state index contributed by atoms with van der Waals surface area (Å²) in [6, 6.07) is 10.6. The van der Waals surface area contributed by atoms with E-state index in [1.165, 1.54) is 27.8 Å². The summed E-state index contributed by atoms with van der Waals surface area (Å²) in [5, 5.41) is 9.92. The predicted molar refractivity (Wildman–Crippen MR) is 115 cm³/mol. The molecule has 156 valence electrons. The van der Waals surface area contributed by atoms with E-state index in [0.717, 1.165) is 37.1 Å². The number of aliphatic carboxylic acids is 1. The third-order valence-corrected chi connectivity index (χ3v) is 6.07. The first kappa shape index (κ1) is 21.7. The quantitative estimate of drug-likeness (QED) is 0.458. The minimum Gasteiger partial charge on any atom is -0.478 e. The lowest BCUT2D eigenvalue weighted by Gasteiger charge is -2.27. The van der Waals surface area contributed by atoms with Gasteiger partial charge >= 0.3 is 5.97 Å². The maximum atomic E-state index is 12.6. The summed E-state index contributed by atoms with van der Waals surface area (Å²) in [6.07, 6.45) is 4.23. The first-order valence-electron chi connectivity index (χ1n) is 9.59. The van der Waals surface area contributed by atoms with Crippen LogP contribution in [0.5, 0.6) is 0 Å². The van der Waals surface area contributed by atoms with Crippen LogP contribution in [0.25, 0.3) is 5.57 Å². The van der Waals surface area contributed by atoms with E-state index in [1.54, 1.807) is 11.3 Å². The minimum absolute atomic E-state index is 0.138. The first-order chi connectivity index (χ1) is 14.5. The minimum atomic E-state index is -1.15. The summed E-state index contributed by atoms with van der Waals surface area (Å²) < 4.78 is 3.90. The third-order valence-electron chi connectivity index (χ3n) is 5.11. The van der Waals surface area contributed by atoms with Gasteiger partial charge in [0.1, 0.15) is 6.26 Å². The van der Waals surface area contributed by atoms with E-state index in [2.05, 4.69) is 46.3 Å². The molecule has 4 rings (SSSR count). The topological polar surface area (TPSA) is 83.9 Å². The average Bonchev–Trinajstić information content (AvgIpc) is 3.17. The zero-order valence-corrected chi connectivity index (χ0v) is 17.5. The smallest absolute Gasteiger partial charge is 0.331 e. The Hall–Kier alpha value is -3.03. The molecule has 0 saturated carbocycles. The molecule has 7 heteroatoms. The normalized spacial score (nSPS) is 16.2. The van der Waals surface area contributed by atoms with Crippen molar-refractivity contribution in [3.8, 4) is 0 Å². The van der Waals surface area contributed by atoms with E-state index in [4.69, 9.17) is 5.11 Å². The fourth-order valence-corrected chi connectivity index (χ4v) is 4.53. The summed E-state index contributed by atoms with van der Waals surface area (Å²) in [7, 11) is 2.18. The molecule has 0 atom stereocenters. The van der Waals surface area contributed by atoms with Crippen molar-refractivity contribution in [1.29, 1.82) is 0 Å². The summed E-state index contributed by atoms with van der Waals surface area (Å²) in [5.41, 5.74) is 6.47. The molecule has 6 nitrogen and oxygen atoms in total. The number of piperidine rings is 1. The van der Waals surface area contributed by atoms with E-state index < -0.39 is 5.97 Å². The monoisotopic (exact) mass is 425 g/mol. The van der Waals surface area contributed by atoms with Crippen molar-refractivity contribution in [2.24, 2.45) is 0 Å². The molecule has 2 heterocycles. The number of carboxylic acid groups (broad SMARTS) is 1. The molecule has 0 unspecified atom stereocenters. The molecule has 2 aromatic rings. The van der Waals surface area contributed by atoms with E-state index in [9.17, 15) is 14.4 Å². The number of likely N-dealkylation sites (tertiary alicyclic amines) is 1. The van der Waals surface area contributed by atoms with Crippen LogP contribution in [-0.2, 0) is 20.7 Å². The molecule has 30 heavy (non-hydrogen) atoms. The van der Waals surface area contributed by atoms with Crippen LogP contribution >= 0.6 is 11.3 Å². The predicted octanol–water partition coefficient (Wildman–Crippen LogP) is 3.77. The highest BCUT2D eigenvalue weighted by atomic mass is 32.1. The molecule has 0 spiro atoms. The Bertz CT molecular complexity index is 995. The molecule has 1 aliphatic heterocycles. The second-order valence-corrected chi connectivity index (χ2v) is 7.99. The number of ether oxygens (including phenoxy) is 1. The first-order valence-corrected chi connectivity index (χ1v) is 10.5. The van der Waals surface area contributed by atoms with Crippen LogP contribution < -0.4 is 0 Å². The van der Waals surface area contributed by atoms with Crippen LogP contribution in [0.1, 0.15) is 39.2 Å². The Kier molecular flexibility index (Phi) is 7.32. The molecule has 1 fully saturated rings. The van der Waals surface area contributed by atoms with Crippen LogP contribution in [0.4, 0.5) is 0 Å². The third kappa shape index (κ3) is 5.11. The molecule has 0 amide bonds. The second kappa shape index (κ2) is 10.1. The zero-order valence-electron chi connectivity index (χ0n) is 16.7. The Labute approximate surface area is 179 Å². The summed E-state index contributed by atoms with van der Waals surface area (Å²) in [4.78, 5) is 34.8. The van der Waals surface area contributed by atoms with Gasteiger partial charge in [-0.25, -0.2) is 4.79 Å². The van der Waals surface area contributed by atoms with Crippen LogP contribution in [0, 0.1) is 0 Å². The Morgan fingerprint density at radius 1 is 1.17 bits per heavy atom. The highest BCUT2D eigenvalue weighted by Gasteiger charge is 2.27. The van der Waals surface area contributed by atoms with E-state index >= 15 is 0 Å². The Morgan fingerprint density at radius 3 is 2.60 bits per heavy atom. The van der Waals surface area contributed by atoms with Crippen molar-refractivity contribution in [3.63, 3.8) is 0 Å². The number of thiophene rings is 1. The van der Waals surface area contributed by atoms with E-state index in [0.29, 0.717) is 12.5 Å². The largest absolute Gasteiger partial charge is 0.478 e. The van der Waals surface area contributed by atoms with Gasteiger partial charge in [-0.3, -0.25) is 9.59 Å². The van der Waals surface area contributed by atoms with Gasteiger partial charge in [-0.05, 0) is 48.0 Å². The molecular formula is C23H23NO5S.